The summed E-state index contributed by atoms with van der Waals surface area (Å²) in [7, 11) is 0. The van der Waals surface area contributed by atoms with Crippen LogP contribution in [0.15, 0.2) is 54.9 Å². The molecule has 0 bridgehead atoms. The van der Waals surface area contributed by atoms with Crippen molar-refractivity contribution in [3.05, 3.63) is 54.9 Å². The van der Waals surface area contributed by atoms with Crippen molar-refractivity contribution in [2.75, 3.05) is 11.9 Å². The van der Waals surface area contributed by atoms with E-state index in [1.807, 2.05) is 48.5 Å². The van der Waals surface area contributed by atoms with Crippen molar-refractivity contribution in [2.24, 2.45) is 0 Å². The molecule has 0 aliphatic carbocycles. The number of carbonyl (C=O) groups excluding carboxylic acids is 1. The number of imidazole rings is 1. The Bertz CT molecular complexity index is 737. The number of fused-ring (bicyclic) bond motifs is 1. The van der Waals surface area contributed by atoms with Crippen molar-refractivity contribution >= 4 is 22.6 Å². The van der Waals surface area contributed by atoms with Gasteiger partial charge in [0.05, 0.1) is 30.4 Å². The number of carbonyl (C=O) groups is 1. The predicted molar refractivity (Wildman–Crippen MR) is 81.3 cm³/mol. The van der Waals surface area contributed by atoms with E-state index in [1.54, 1.807) is 6.33 Å². The first-order valence-corrected chi connectivity index (χ1v) is 6.72. The second-order valence-corrected chi connectivity index (χ2v) is 4.59. The van der Waals surface area contributed by atoms with Crippen LogP contribution >= 0.6 is 0 Å². The first-order chi connectivity index (χ1) is 10.3. The van der Waals surface area contributed by atoms with Gasteiger partial charge in [0.1, 0.15) is 5.75 Å². The molecule has 0 radical (unpaired) electrons. The Kier molecular flexibility index (Phi) is 3.82. The van der Waals surface area contributed by atoms with Crippen LogP contribution in [0.2, 0.25) is 0 Å². The number of aromatic amines is 1. The van der Waals surface area contributed by atoms with Crippen molar-refractivity contribution in [1.82, 2.24) is 9.97 Å². The molecule has 1 heterocycles. The summed E-state index contributed by atoms with van der Waals surface area (Å²) in [4.78, 5) is 19.0. The Labute approximate surface area is 122 Å². The van der Waals surface area contributed by atoms with Gasteiger partial charge in [-0.25, -0.2) is 4.98 Å². The molecule has 106 valence electrons. The number of anilines is 1. The number of aromatic nitrogens is 2. The van der Waals surface area contributed by atoms with Gasteiger partial charge in [0.2, 0.25) is 5.91 Å². The van der Waals surface area contributed by atoms with E-state index in [2.05, 4.69) is 15.3 Å². The minimum absolute atomic E-state index is 0.0789. The first kappa shape index (κ1) is 13.2. The third kappa shape index (κ3) is 3.39. The Morgan fingerprint density at radius 3 is 2.90 bits per heavy atom. The Hall–Kier alpha value is -2.82. The van der Waals surface area contributed by atoms with E-state index in [0.717, 1.165) is 22.5 Å². The van der Waals surface area contributed by atoms with Gasteiger partial charge < -0.3 is 15.0 Å². The number of nitrogens with zero attached hydrogens (tertiary/aromatic N) is 1. The molecule has 3 rings (SSSR count). The van der Waals surface area contributed by atoms with Crippen molar-refractivity contribution < 1.29 is 9.53 Å². The number of hydrogen-bond acceptors (Lipinski definition) is 3. The molecule has 0 aliphatic heterocycles. The van der Waals surface area contributed by atoms with Crippen LogP contribution < -0.4 is 10.1 Å². The molecule has 5 nitrogen and oxygen atoms in total. The van der Waals surface area contributed by atoms with Crippen LogP contribution in [0.1, 0.15) is 6.42 Å². The molecule has 2 N–H and O–H groups in total. The van der Waals surface area contributed by atoms with Gasteiger partial charge in [0, 0.05) is 5.69 Å². The summed E-state index contributed by atoms with van der Waals surface area (Å²) in [6.45, 7) is 0.349. The quantitative estimate of drug-likeness (QED) is 0.755. The lowest BCUT2D eigenvalue weighted by Gasteiger charge is -2.07. The van der Waals surface area contributed by atoms with Crippen molar-refractivity contribution in [2.45, 2.75) is 6.42 Å². The molecule has 21 heavy (non-hydrogen) atoms. The molecule has 0 unspecified atom stereocenters. The van der Waals surface area contributed by atoms with E-state index in [-0.39, 0.29) is 5.91 Å². The van der Waals surface area contributed by atoms with Crippen LogP contribution in [0.3, 0.4) is 0 Å². The maximum absolute atomic E-state index is 11.9. The maximum atomic E-state index is 11.9. The zero-order chi connectivity index (χ0) is 14.5. The second-order valence-electron chi connectivity index (χ2n) is 4.59. The highest BCUT2D eigenvalue weighted by atomic mass is 16.5. The lowest BCUT2D eigenvalue weighted by molar-refractivity contribution is -0.116. The summed E-state index contributed by atoms with van der Waals surface area (Å²) in [5, 5.41) is 2.84. The summed E-state index contributed by atoms with van der Waals surface area (Å²) in [6, 6.07) is 15.0. The van der Waals surface area contributed by atoms with Gasteiger partial charge in [-0.3, -0.25) is 4.79 Å². The molecule has 0 atom stereocenters. The molecular weight excluding hydrogens is 266 g/mol. The van der Waals surface area contributed by atoms with Gasteiger partial charge in [0.15, 0.2) is 0 Å². The molecule has 1 aromatic heterocycles. The van der Waals surface area contributed by atoms with Gasteiger partial charge in [-0.15, -0.1) is 0 Å². The highest BCUT2D eigenvalue weighted by Gasteiger charge is 2.04. The summed E-state index contributed by atoms with van der Waals surface area (Å²) in [5.74, 6) is 0.689. The van der Waals surface area contributed by atoms with E-state index in [1.165, 1.54) is 0 Å². The molecular formula is C16H15N3O2. The molecule has 0 aliphatic rings. The molecule has 0 spiro atoms. The average Bonchev–Trinajstić information content (AvgIpc) is 2.96. The van der Waals surface area contributed by atoms with Crippen LogP contribution in [0.25, 0.3) is 11.0 Å². The first-order valence-electron chi connectivity index (χ1n) is 6.72. The molecule has 0 saturated carbocycles. The fraction of sp³-hybridized carbons (Fsp3) is 0.125. The minimum Gasteiger partial charge on any atom is -0.493 e. The summed E-state index contributed by atoms with van der Waals surface area (Å²) in [5.41, 5.74) is 2.52. The maximum Gasteiger partial charge on any atom is 0.227 e. The number of hydrogen-bond donors (Lipinski definition) is 2. The Balaban J connectivity index is 1.51. The normalized spacial score (nSPS) is 10.5. The van der Waals surface area contributed by atoms with Crippen LogP contribution in [0.5, 0.6) is 5.75 Å². The third-order valence-corrected chi connectivity index (χ3v) is 3.05. The fourth-order valence-corrected chi connectivity index (χ4v) is 2.02. The van der Waals surface area contributed by atoms with Crippen molar-refractivity contribution in [3.8, 4) is 5.75 Å². The zero-order valence-corrected chi connectivity index (χ0v) is 11.4. The standard InChI is InChI=1S/C16H15N3O2/c20-16(8-9-21-13-4-2-1-3-5-13)19-12-6-7-14-15(10-12)18-11-17-14/h1-7,10-11H,8-9H2,(H,17,18)(H,19,20). The number of benzene rings is 2. The SMILES string of the molecule is O=C(CCOc1ccccc1)Nc1ccc2nc[nH]c2c1. The van der Waals surface area contributed by atoms with E-state index in [0.29, 0.717) is 13.0 Å². The topological polar surface area (TPSA) is 67.0 Å². The number of nitrogens with one attached hydrogen (secondary N) is 2. The van der Waals surface area contributed by atoms with E-state index in [9.17, 15) is 4.79 Å². The average molecular weight is 281 g/mol. The molecule has 0 saturated heterocycles. The van der Waals surface area contributed by atoms with Gasteiger partial charge in [-0.2, -0.15) is 0 Å². The zero-order valence-electron chi connectivity index (χ0n) is 11.4. The summed E-state index contributed by atoms with van der Waals surface area (Å²) >= 11 is 0. The van der Waals surface area contributed by atoms with Gasteiger partial charge >= 0.3 is 0 Å². The van der Waals surface area contributed by atoms with Crippen LogP contribution in [0.4, 0.5) is 5.69 Å². The fourth-order valence-electron chi connectivity index (χ4n) is 2.02. The second kappa shape index (κ2) is 6.09. The third-order valence-electron chi connectivity index (χ3n) is 3.05. The van der Waals surface area contributed by atoms with Crippen LogP contribution in [-0.4, -0.2) is 22.5 Å². The van der Waals surface area contributed by atoms with Crippen molar-refractivity contribution in [1.29, 1.82) is 0 Å². The lowest BCUT2D eigenvalue weighted by Crippen LogP contribution is -2.15. The van der Waals surface area contributed by atoms with Gasteiger partial charge in [-0.05, 0) is 30.3 Å². The number of rotatable bonds is 5. The minimum atomic E-state index is -0.0789. The highest BCUT2D eigenvalue weighted by molar-refractivity contribution is 5.93. The largest absolute Gasteiger partial charge is 0.493 e. The highest BCUT2D eigenvalue weighted by Crippen LogP contribution is 2.16. The van der Waals surface area contributed by atoms with Crippen LogP contribution in [0, 0.1) is 0 Å². The smallest absolute Gasteiger partial charge is 0.227 e. The van der Waals surface area contributed by atoms with Gasteiger partial charge in [-0.1, -0.05) is 18.2 Å². The monoisotopic (exact) mass is 281 g/mol. The molecule has 2 aromatic carbocycles. The molecule has 0 fully saturated rings. The number of amides is 1. The Morgan fingerprint density at radius 2 is 2.05 bits per heavy atom. The van der Waals surface area contributed by atoms with E-state index >= 15 is 0 Å². The van der Waals surface area contributed by atoms with E-state index < -0.39 is 0 Å². The van der Waals surface area contributed by atoms with Gasteiger partial charge in [0.25, 0.3) is 0 Å². The Morgan fingerprint density at radius 1 is 1.19 bits per heavy atom. The van der Waals surface area contributed by atoms with E-state index in [4.69, 9.17) is 4.74 Å². The number of H-pyrrole nitrogens is 1. The molecule has 5 heteroatoms. The molecule has 3 aromatic rings. The number of ether oxygens (including phenoxy) is 1. The van der Waals surface area contributed by atoms with Crippen LogP contribution in [-0.2, 0) is 4.79 Å². The number of para-hydroxylation sites is 1. The summed E-state index contributed by atoms with van der Waals surface area (Å²) < 4.78 is 5.50. The lowest BCUT2D eigenvalue weighted by atomic mass is 10.2. The molecule has 1 amide bonds. The summed E-state index contributed by atoms with van der Waals surface area (Å²) in [6.07, 6.45) is 1.93. The predicted octanol–water partition coefficient (Wildman–Crippen LogP) is 2.97. The van der Waals surface area contributed by atoms with Crippen molar-refractivity contribution in [3.63, 3.8) is 0 Å².